The van der Waals surface area contributed by atoms with E-state index in [1.54, 1.807) is 11.8 Å². The highest BCUT2D eigenvalue weighted by atomic mass is 32.2. The van der Waals surface area contributed by atoms with Gasteiger partial charge >= 0.3 is 0 Å². The predicted molar refractivity (Wildman–Crippen MR) is 75.6 cm³/mol. The highest BCUT2D eigenvalue weighted by molar-refractivity contribution is 8.00. The Kier molecular flexibility index (Phi) is 4.66. The number of hydrogen-bond donors (Lipinski definition) is 2. The molecule has 1 fully saturated rings. The van der Waals surface area contributed by atoms with Crippen LogP contribution in [0.2, 0.25) is 0 Å². The molecule has 1 aliphatic rings. The van der Waals surface area contributed by atoms with E-state index >= 15 is 0 Å². The van der Waals surface area contributed by atoms with Gasteiger partial charge in [-0.3, -0.25) is 4.79 Å². The number of amides is 1. The molecule has 0 bridgehead atoms. The quantitative estimate of drug-likeness (QED) is 0.772. The van der Waals surface area contributed by atoms with E-state index in [9.17, 15) is 4.79 Å². The van der Waals surface area contributed by atoms with Gasteiger partial charge in [0.15, 0.2) is 0 Å². The van der Waals surface area contributed by atoms with E-state index in [1.165, 1.54) is 18.4 Å². The van der Waals surface area contributed by atoms with Gasteiger partial charge in [0.25, 0.3) is 0 Å². The molecule has 4 heteroatoms. The Balaban J connectivity index is 1.75. The number of nitrogens with two attached hydrogens (primary N) is 1. The van der Waals surface area contributed by atoms with Crippen LogP contribution in [0, 0.1) is 12.8 Å². The Morgan fingerprint density at radius 1 is 1.44 bits per heavy atom. The number of rotatable bonds is 6. The Labute approximate surface area is 113 Å². The first-order valence-electron chi connectivity index (χ1n) is 6.38. The van der Waals surface area contributed by atoms with Gasteiger partial charge in [0.05, 0.1) is 5.75 Å². The fourth-order valence-electron chi connectivity index (χ4n) is 1.90. The van der Waals surface area contributed by atoms with E-state index in [0.717, 1.165) is 4.90 Å². The summed E-state index contributed by atoms with van der Waals surface area (Å²) in [5.74, 6) is 1.16. The average molecular weight is 264 g/mol. The molecule has 0 saturated heterocycles. The van der Waals surface area contributed by atoms with Crippen LogP contribution in [0.1, 0.15) is 18.4 Å². The van der Waals surface area contributed by atoms with Crippen molar-refractivity contribution < 1.29 is 4.79 Å². The molecule has 18 heavy (non-hydrogen) atoms. The third-order valence-electron chi connectivity index (χ3n) is 3.18. The molecule has 1 saturated carbocycles. The molecule has 98 valence electrons. The van der Waals surface area contributed by atoms with E-state index in [-0.39, 0.29) is 11.9 Å². The smallest absolute Gasteiger partial charge is 0.230 e. The topological polar surface area (TPSA) is 55.1 Å². The lowest BCUT2D eigenvalue weighted by atomic mass is 10.2. The molecule has 0 heterocycles. The minimum absolute atomic E-state index is 0.0860. The molecular formula is C14H20N2OS. The van der Waals surface area contributed by atoms with Gasteiger partial charge in [-0.2, -0.15) is 0 Å². The number of thioether (sulfide) groups is 1. The van der Waals surface area contributed by atoms with Crippen molar-refractivity contribution in [1.82, 2.24) is 5.32 Å². The third-order valence-corrected chi connectivity index (χ3v) is 4.19. The van der Waals surface area contributed by atoms with Crippen molar-refractivity contribution in [2.45, 2.75) is 30.7 Å². The lowest BCUT2D eigenvalue weighted by molar-refractivity contribution is -0.119. The molecule has 0 aliphatic heterocycles. The molecule has 0 radical (unpaired) electrons. The van der Waals surface area contributed by atoms with Gasteiger partial charge in [0, 0.05) is 17.5 Å². The maximum absolute atomic E-state index is 11.8. The summed E-state index contributed by atoms with van der Waals surface area (Å²) >= 11 is 1.57. The average Bonchev–Trinajstić information content (AvgIpc) is 3.19. The summed E-state index contributed by atoms with van der Waals surface area (Å²) in [7, 11) is 0. The molecule has 2 rings (SSSR count). The molecule has 0 spiro atoms. The van der Waals surface area contributed by atoms with E-state index in [4.69, 9.17) is 5.73 Å². The molecule has 3 nitrogen and oxygen atoms in total. The fourth-order valence-corrected chi connectivity index (χ4v) is 2.61. The Bertz CT molecular complexity index is 401. The highest BCUT2D eigenvalue weighted by Gasteiger charge is 2.31. The zero-order valence-electron chi connectivity index (χ0n) is 10.7. The van der Waals surface area contributed by atoms with Crippen molar-refractivity contribution in [3.8, 4) is 0 Å². The lowest BCUT2D eigenvalue weighted by Crippen LogP contribution is -2.42. The monoisotopic (exact) mass is 264 g/mol. The maximum Gasteiger partial charge on any atom is 0.230 e. The fraction of sp³-hybridized carbons (Fsp3) is 0.500. The van der Waals surface area contributed by atoms with Crippen LogP contribution in [0.3, 0.4) is 0 Å². The minimum atomic E-state index is 0.0860. The number of aryl methyl sites for hydroxylation is 1. The van der Waals surface area contributed by atoms with Gasteiger partial charge in [-0.25, -0.2) is 0 Å². The molecule has 0 aromatic heterocycles. The van der Waals surface area contributed by atoms with Crippen LogP contribution in [-0.2, 0) is 4.79 Å². The number of carbonyl (C=O) groups excluding carboxylic acids is 1. The summed E-state index contributed by atoms with van der Waals surface area (Å²) in [6.45, 7) is 2.61. The number of carbonyl (C=O) groups is 1. The molecular weight excluding hydrogens is 244 g/mol. The first kappa shape index (κ1) is 13.4. The molecule has 1 aromatic rings. The molecule has 1 amide bonds. The van der Waals surface area contributed by atoms with Crippen molar-refractivity contribution in [2.24, 2.45) is 11.7 Å². The van der Waals surface area contributed by atoms with Gasteiger partial charge in [-0.05, 0) is 37.8 Å². The SMILES string of the molecule is Cc1ccc(SCC(=O)NC(CN)C2CC2)cc1. The van der Waals surface area contributed by atoms with Crippen molar-refractivity contribution >= 4 is 17.7 Å². The van der Waals surface area contributed by atoms with E-state index in [2.05, 4.69) is 36.5 Å². The van der Waals surface area contributed by atoms with E-state index < -0.39 is 0 Å². The summed E-state index contributed by atoms with van der Waals surface area (Å²) in [5, 5.41) is 3.03. The van der Waals surface area contributed by atoms with Crippen LogP contribution in [-0.4, -0.2) is 24.2 Å². The summed E-state index contributed by atoms with van der Waals surface area (Å²) < 4.78 is 0. The second-order valence-corrected chi connectivity index (χ2v) is 5.90. The summed E-state index contributed by atoms with van der Waals surface area (Å²) in [5.41, 5.74) is 6.90. The van der Waals surface area contributed by atoms with Crippen molar-refractivity contribution in [3.05, 3.63) is 29.8 Å². The van der Waals surface area contributed by atoms with Gasteiger partial charge in [0.2, 0.25) is 5.91 Å². The van der Waals surface area contributed by atoms with Crippen LogP contribution in [0.15, 0.2) is 29.2 Å². The third kappa shape index (κ3) is 4.03. The molecule has 1 atom stereocenters. The highest BCUT2D eigenvalue weighted by Crippen LogP contribution is 2.32. The molecule has 3 N–H and O–H groups in total. The lowest BCUT2D eigenvalue weighted by Gasteiger charge is -2.15. The predicted octanol–water partition coefficient (Wildman–Crippen LogP) is 1.94. The maximum atomic E-state index is 11.8. The van der Waals surface area contributed by atoms with Gasteiger partial charge < -0.3 is 11.1 Å². The second-order valence-electron chi connectivity index (χ2n) is 4.85. The standard InChI is InChI=1S/C14H20N2OS/c1-10-2-6-12(7-3-10)18-9-14(17)16-13(8-15)11-4-5-11/h2-3,6-7,11,13H,4-5,8-9,15H2,1H3,(H,16,17). The normalized spacial score (nSPS) is 16.3. The zero-order chi connectivity index (χ0) is 13.0. The van der Waals surface area contributed by atoms with Crippen LogP contribution < -0.4 is 11.1 Å². The number of nitrogens with one attached hydrogen (secondary N) is 1. The van der Waals surface area contributed by atoms with Crippen molar-refractivity contribution in [3.63, 3.8) is 0 Å². The summed E-state index contributed by atoms with van der Waals surface area (Å²) in [6, 6.07) is 8.40. The Morgan fingerprint density at radius 3 is 2.67 bits per heavy atom. The van der Waals surface area contributed by atoms with Crippen LogP contribution >= 0.6 is 11.8 Å². The number of benzene rings is 1. The van der Waals surface area contributed by atoms with Gasteiger partial charge in [-0.1, -0.05) is 17.7 Å². The minimum Gasteiger partial charge on any atom is -0.351 e. The van der Waals surface area contributed by atoms with E-state index in [1.807, 2.05) is 0 Å². The van der Waals surface area contributed by atoms with E-state index in [0.29, 0.717) is 18.2 Å². The van der Waals surface area contributed by atoms with Crippen LogP contribution in [0.25, 0.3) is 0 Å². The molecule has 1 aromatic carbocycles. The first-order chi connectivity index (χ1) is 8.69. The second kappa shape index (κ2) is 6.25. The molecule has 1 aliphatic carbocycles. The van der Waals surface area contributed by atoms with Gasteiger partial charge in [-0.15, -0.1) is 11.8 Å². The van der Waals surface area contributed by atoms with Gasteiger partial charge in [0.1, 0.15) is 0 Å². The van der Waals surface area contributed by atoms with Crippen LogP contribution in [0.5, 0.6) is 0 Å². The van der Waals surface area contributed by atoms with Crippen molar-refractivity contribution in [1.29, 1.82) is 0 Å². The van der Waals surface area contributed by atoms with Crippen LogP contribution in [0.4, 0.5) is 0 Å². The Hall–Kier alpha value is -1.00. The summed E-state index contributed by atoms with van der Waals surface area (Å²) in [6.07, 6.45) is 2.40. The molecule has 1 unspecified atom stereocenters. The largest absolute Gasteiger partial charge is 0.351 e. The first-order valence-corrected chi connectivity index (χ1v) is 7.36. The van der Waals surface area contributed by atoms with Crippen molar-refractivity contribution in [2.75, 3.05) is 12.3 Å². The zero-order valence-corrected chi connectivity index (χ0v) is 11.5. The Morgan fingerprint density at radius 2 is 2.11 bits per heavy atom. The number of hydrogen-bond acceptors (Lipinski definition) is 3. The summed E-state index contributed by atoms with van der Waals surface area (Å²) in [4.78, 5) is 12.9.